The molecule has 60 valence electrons. The minimum Gasteiger partial charge on any atom is -0.390 e. The summed E-state index contributed by atoms with van der Waals surface area (Å²) in [6.45, 7) is 0.913. The zero-order valence-electron chi connectivity index (χ0n) is 5.82. The number of aliphatic hydroxyl groups excluding tert-OH is 3. The molecule has 0 aromatic rings. The van der Waals surface area contributed by atoms with Crippen molar-refractivity contribution in [1.29, 1.82) is 0 Å². The van der Waals surface area contributed by atoms with E-state index in [1.165, 1.54) is 0 Å². The molecule has 0 saturated carbocycles. The largest absolute Gasteiger partial charge is 0.390 e. The standard InChI is InChI=1S/C6H12O4/c1-2-4(8)6(10)5(9)3-7/h4,6-8,10H,2-3H2,1H3/t4-,6-/m0/s1. The summed E-state index contributed by atoms with van der Waals surface area (Å²) in [6, 6.07) is 0. The summed E-state index contributed by atoms with van der Waals surface area (Å²) in [5.41, 5.74) is 0. The first-order valence-electron chi connectivity index (χ1n) is 3.13. The van der Waals surface area contributed by atoms with Gasteiger partial charge in [0.25, 0.3) is 0 Å². The average Bonchev–Trinajstić information content (AvgIpc) is 2.00. The van der Waals surface area contributed by atoms with Gasteiger partial charge in [-0.25, -0.2) is 0 Å². The number of carbonyl (C=O) groups is 1. The monoisotopic (exact) mass is 148 g/mol. The van der Waals surface area contributed by atoms with E-state index in [0.717, 1.165) is 0 Å². The SMILES string of the molecule is CC[C@H](O)[C@H](O)C(=O)CO. The molecule has 0 radical (unpaired) electrons. The molecule has 0 aliphatic rings. The lowest BCUT2D eigenvalue weighted by Gasteiger charge is -2.12. The minimum atomic E-state index is -1.44. The molecule has 0 aromatic heterocycles. The summed E-state index contributed by atoms with van der Waals surface area (Å²) in [7, 11) is 0. The van der Waals surface area contributed by atoms with Crippen molar-refractivity contribution in [3.8, 4) is 0 Å². The van der Waals surface area contributed by atoms with Crippen LogP contribution in [-0.2, 0) is 4.79 Å². The molecule has 0 spiro atoms. The second-order valence-corrected chi connectivity index (χ2v) is 2.04. The van der Waals surface area contributed by atoms with E-state index in [4.69, 9.17) is 15.3 Å². The molecule has 4 nitrogen and oxygen atoms in total. The fourth-order valence-corrected chi connectivity index (χ4v) is 0.531. The van der Waals surface area contributed by atoms with Gasteiger partial charge in [-0.1, -0.05) is 6.92 Å². The molecule has 0 bridgehead atoms. The number of Topliss-reactive ketones (excluding diaryl/α,β-unsaturated/α-hetero) is 1. The fourth-order valence-electron chi connectivity index (χ4n) is 0.531. The normalized spacial score (nSPS) is 16.4. The van der Waals surface area contributed by atoms with Gasteiger partial charge in [0.2, 0.25) is 0 Å². The smallest absolute Gasteiger partial charge is 0.189 e. The topological polar surface area (TPSA) is 77.8 Å². The number of ketones is 1. The van der Waals surface area contributed by atoms with Crippen LogP contribution in [0.5, 0.6) is 0 Å². The molecule has 0 heterocycles. The Morgan fingerprint density at radius 2 is 2.00 bits per heavy atom. The highest BCUT2D eigenvalue weighted by Gasteiger charge is 2.20. The van der Waals surface area contributed by atoms with E-state index in [-0.39, 0.29) is 0 Å². The van der Waals surface area contributed by atoms with E-state index in [1.807, 2.05) is 0 Å². The molecule has 0 fully saturated rings. The highest BCUT2D eigenvalue weighted by atomic mass is 16.3. The number of hydrogen-bond acceptors (Lipinski definition) is 4. The Morgan fingerprint density at radius 3 is 2.30 bits per heavy atom. The molecule has 0 rings (SSSR count). The predicted molar refractivity (Wildman–Crippen MR) is 34.4 cm³/mol. The van der Waals surface area contributed by atoms with Crippen molar-refractivity contribution in [2.75, 3.05) is 6.61 Å². The van der Waals surface area contributed by atoms with Crippen LogP contribution in [0.1, 0.15) is 13.3 Å². The Hall–Kier alpha value is -0.450. The summed E-state index contributed by atoms with van der Waals surface area (Å²) in [6.07, 6.45) is -2.19. The minimum absolute atomic E-state index is 0.299. The van der Waals surface area contributed by atoms with Crippen LogP contribution >= 0.6 is 0 Å². The summed E-state index contributed by atoms with van der Waals surface area (Å²) in [4.78, 5) is 10.5. The number of hydrogen-bond donors (Lipinski definition) is 3. The Kier molecular flexibility index (Phi) is 4.18. The van der Waals surface area contributed by atoms with E-state index < -0.39 is 24.6 Å². The van der Waals surface area contributed by atoms with E-state index in [1.54, 1.807) is 6.92 Å². The van der Waals surface area contributed by atoms with E-state index in [9.17, 15) is 4.79 Å². The third-order valence-corrected chi connectivity index (χ3v) is 1.27. The Morgan fingerprint density at radius 1 is 1.50 bits per heavy atom. The number of carbonyl (C=O) groups excluding carboxylic acids is 1. The van der Waals surface area contributed by atoms with Crippen molar-refractivity contribution in [2.24, 2.45) is 0 Å². The van der Waals surface area contributed by atoms with Crippen LogP contribution in [0.2, 0.25) is 0 Å². The highest BCUT2D eigenvalue weighted by Crippen LogP contribution is 1.98. The maximum absolute atomic E-state index is 10.5. The van der Waals surface area contributed by atoms with Crippen LogP contribution in [-0.4, -0.2) is 39.9 Å². The van der Waals surface area contributed by atoms with Gasteiger partial charge < -0.3 is 15.3 Å². The van der Waals surface area contributed by atoms with Gasteiger partial charge >= 0.3 is 0 Å². The zero-order chi connectivity index (χ0) is 8.15. The lowest BCUT2D eigenvalue weighted by Crippen LogP contribution is -2.35. The maximum Gasteiger partial charge on any atom is 0.189 e. The molecule has 2 atom stereocenters. The van der Waals surface area contributed by atoms with E-state index in [0.29, 0.717) is 6.42 Å². The Labute approximate surface area is 59.1 Å². The van der Waals surface area contributed by atoms with Crippen molar-refractivity contribution < 1.29 is 20.1 Å². The maximum atomic E-state index is 10.5. The van der Waals surface area contributed by atoms with Crippen LogP contribution in [0.4, 0.5) is 0 Å². The molecule has 3 N–H and O–H groups in total. The second kappa shape index (κ2) is 4.38. The van der Waals surface area contributed by atoms with Crippen LogP contribution in [0.3, 0.4) is 0 Å². The van der Waals surface area contributed by atoms with Gasteiger partial charge in [0, 0.05) is 0 Å². The first kappa shape index (κ1) is 9.55. The lowest BCUT2D eigenvalue weighted by atomic mass is 10.1. The predicted octanol–water partition coefficient (Wildman–Crippen LogP) is -1.32. The van der Waals surface area contributed by atoms with Gasteiger partial charge in [0.15, 0.2) is 5.78 Å². The summed E-state index contributed by atoms with van der Waals surface area (Å²) >= 11 is 0. The van der Waals surface area contributed by atoms with Gasteiger partial charge in [-0.3, -0.25) is 4.79 Å². The van der Waals surface area contributed by atoms with Gasteiger partial charge in [-0.2, -0.15) is 0 Å². The van der Waals surface area contributed by atoms with Crippen LogP contribution in [0.25, 0.3) is 0 Å². The van der Waals surface area contributed by atoms with Crippen molar-refractivity contribution in [2.45, 2.75) is 25.6 Å². The number of rotatable bonds is 4. The zero-order valence-corrected chi connectivity index (χ0v) is 5.82. The molecule has 0 amide bonds. The fraction of sp³-hybridized carbons (Fsp3) is 0.833. The van der Waals surface area contributed by atoms with Gasteiger partial charge in [-0.15, -0.1) is 0 Å². The van der Waals surface area contributed by atoms with Crippen molar-refractivity contribution in [3.05, 3.63) is 0 Å². The molecule has 0 aromatic carbocycles. The third-order valence-electron chi connectivity index (χ3n) is 1.27. The summed E-state index contributed by atoms with van der Waals surface area (Å²) in [5.74, 6) is -0.741. The van der Waals surface area contributed by atoms with Crippen molar-refractivity contribution in [3.63, 3.8) is 0 Å². The van der Waals surface area contributed by atoms with Crippen LogP contribution in [0.15, 0.2) is 0 Å². The molecule has 0 aliphatic heterocycles. The summed E-state index contributed by atoms with van der Waals surface area (Å²) < 4.78 is 0. The molecule has 4 heteroatoms. The molecular weight excluding hydrogens is 136 g/mol. The van der Waals surface area contributed by atoms with Gasteiger partial charge in [0.05, 0.1) is 6.10 Å². The number of aliphatic hydroxyl groups is 3. The van der Waals surface area contributed by atoms with Crippen molar-refractivity contribution in [1.82, 2.24) is 0 Å². The average molecular weight is 148 g/mol. The second-order valence-electron chi connectivity index (χ2n) is 2.04. The molecule has 0 saturated heterocycles. The van der Waals surface area contributed by atoms with Gasteiger partial charge in [0.1, 0.15) is 12.7 Å². The van der Waals surface area contributed by atoms with Crippen molar-refractivity contribution >= 4 is 5.78 Å². The van der Waals surface area contributed by atoms with Crippen LogP contribution in [0, 0.1) is 0 Å². The first-order chi connectivity index (χ1) is 4.63. The van der Waals surface area contributed by atoms with Gasteiger partial charge in [-0.05, 0) is 6.42 Å². The first-order valence-corrected chi connectivity index (χ1v) is 3.13. The van der Waals surface area contributed by atoms with E-state index in [2.05, 4.69) is 0 Å². The Balaban J connectivity index is 3.81. The molecule has 0 aliphatic carbocycles. The quantitative estimate of drug-likeness (QED) is 0.462. The molecular formula is C6H12O4. The van der Waals surface area contributed by atoms with Crippen LogP contribution < -0.4 is 0 Å². The molecule has 10 heavy (non-hydrogen) atoms. The lowest BCUT2D eigenvalue weighted by molar-refractivity contribution is -0.135. The van der Waals surface area contributed by atoms with E-state index >= 15 is 0 Å². The third kappa shape index (κ3) is 2.43. The summed E-state index contributed by atoms with van der Waals surface area (Å²) in [5, 5.41) is 25.9. The molecule has 0 unspecified atom stereocenters. The highest BCUT2D eigenvalue weighted by molar-refractivity contribution is 5.84. The Bertz CT molecular complexity index is 112.